The molecule has 1 aromatic carbocycles. The maximum atomic E-state index is 11.5. The minimum Gasteiger partial charge on any atom is -0.450 e. The monoisotopic (exact) mass is 203 g/mol. The van der Waals surface area contributed by atoms with Crippen LogP contribution in [-0.2, 0) is 0 Å². The molecule has 0 atom stereocenters. The van der Waals surface area contributed by atoms with Crippen LogP contribution in [-0.4, -0.2) is 13.0 Å². The number of furan rings is 1. The number of carbonyl (C=O) groups is 1. The van der Waals surface area contributed by atoms with Gasteiger partial charge >= 0.3 is 0 Å². The predicted octanol–water partition coefficient (Wildman–Crippen LogP) is 2.41. The van der Waals surface area contributed by atoms with Crippen molar-refractivity contribution in [2.75, 3.05) is 7.05 Å². The molecule has 3 nitrogen and oxygen atoms in total. The molecule has 1 amide bonds. The predicted molar refractivity (Wildman–Crippen MR) is 59.1 cm³/mol. The van der Waals surface area contributed by atoms with Crippen LogP contribution < -0.4 is 5.32 Å². The van der Waals surface area contributed by atoms with Gasteiger partial charge in [0, 0.05) is 18.0 Å². The first-order chi connectivity index (χ1) is 7.15. The Labute approximate surface area is 88.1 Å². The van der Waals surface area contributed by atoms with Gasteiger partial charge in [-0.25, -0.2) is 0 Å². The van der Waals surface area contributed by atoms with E-state index < -0.39 is 0 Å². The number of nitrogens with one attached hydrogen (secondary N) is 1. The normalized spacial score (nSPS) is 10.6. The van der Waals surface area contributed by atoms with E-state index in [9.17, 15) is 4.79 Å². The zero-order valence-corrected chi connectivity index (χ0v) is 9.05. The van der Waals surface area contributed by atoms with Gasteiger partial charge in [-0.05, 0) is 19.4 Å². The van der Waals surface area contributed by atoms with Crippen molar-refractivity contribution < 1.29 is 9.21 Å². The summed E-state index contributed by atoms with van der Waals surface area (Å²) in [7, 11) is 1.60. The van der Waals surface area contributed by atoms with Gasteiger partial charge in [-0.3, -0.25) is 4.79 Å². The smallest absolute Gasteiger partial charge is 0.287 e. The van der Waals surface area contributed by atoms with Gasteiger partial charge in [0.25, 0.3) is 5.91 Å². The van der Waals surface area contributed by atoms with Crippen molar-refractivity contribution in [3.05, 3.63) is 35.1 Å². The van der Waals surface area contributed by atoms with E-state index in [4.69, 9.17) is 4.42 Å². The van der Waals surface area contributed by atoms with Crippen LogP contribution in [0.3, 0.4) is 0 Å². The molecule has 0 aliphatic rings. The second kappa shape index (κ2) is 3.42. The quantitative estimate of drug-likeness (QED) is 0.773. The number of amides is 1. The first kappa shape index (κ1) is 9.77. The Balaban J connectivity index is 2.75. The zero-order chi connectivity index (χ0) is 11.0. The van der Waals surface area contributed by atoms with Crippen LogP contribution in [0.4, 0.5) is 0 Å². The summed E-state index contributed by atoms with van der Waals surface area (Å²) >= 11 is 0. The number of carbonyl (C=O) groups excluding carboxylic acids is 1. The lowest BCUT2D eigenvalue weighted by atomic mass is 10.1. The highest BCUT2D eigenvalue weighted by molar-refractivity contribution is 5.99. The Morgan fingerprint density at radius 3 is 2.67 bits per heavy atom. The van der Waals surface area contributed by atoms with E-state index in [-0.39, 0.29) is 5.91 Å². The topological polar surface area (TPSA) is 42.2 Å². The SMILES string of the molecule is CNC(=O)c1oc2c(C)cccc2c1C. The van der Waals surface area contributed by atoms with E-state index in [1.165, 1.54) is 0 Å². The third kappa shape index (κ3) is 1.40. The molecule has 3 heteroatoms. The summed E-state index contributed by atoms with van der Waals surface area (Å²) in [5.74, 6) is 0.227. The molecule has 15 heavy (non-hydrogen) atoms. The first-order valence-electron chi connectivity index (χ1n) is 4.86. The summed E-state index contributed by atoms with van der Waals surface area (Å²) < 4.78 is 5.57. The molecule has 2 aromatic rings. The van der Waals surface area contributed by atoms with Crippen molar-refractivity contribution in [2.24, 2.45) is 0 Å². The molecule has 0 aliphatic carbocycles. The van der Waals surface area contributed by atoms with E-state index >= 15 is 0 Å². The molecule has 0 bridgehead atoms. The number of aryl methyl sites for hydroxylation is 2. The van der Waals surface area contributed by atoms with Gasteiger partial charge in [-0.15, -0.1) is 0 Å². The molecule has 2 rings (SSSR count). The number of hydrogen-bond donors (Lipinski definition) is 1. The van der Waals surface area contributed by atoms with Crippen molar-refractivity contribution in [1.82, 2.24) is 5.32 Å². The number of fused-ring (bicyclic) bond motifs is 1. The summed E-state index contributed by atoms with van der Waals surface area (Å²) in [4.78, 5) is 11.5. The Bertz CT molecular complexity index is 526. The summed E-state index contributed by atoms with van der Waals surface area (Å²) in [5, 5.41) is 3.58. The van der Waals surface area contributed by atoms with Gasteiger partial charge in [-0.1, -0.05) is 18.2 Å². The van der Waals surface area contributed by atoms with Crippen LogP contribution in [0, 0.1) is 13.8 Å². The van der Waals surface area contributed by atoms with E-state index in [2.05, 4.69) is 5.32 Å². The van der Waals surface area contributed by atoms with Crippen molar-refractivity contribution in [1.29, 1.82) is 0 Å². The highest BCUT2D eigenvalue weighted by Gasteiger charge is 2.16. The lowest BCUT2D eigenvalue weighted by Gasteiger charge is -1.94. The van der Waals surface area contributed by atoms with E-state index in [1.807, 2.05) is 32.0 Å². The summed E-state index contributed by atoms with van der Waals surface area (Å²) in [6.45, 7) is 3.87. The van der Waals surface area contributed by atoms with Crippen molar-refractivity contribution >= 4 is 16.9 Å². The molecular formula is C12H13NO2. The minimum atomic E-state index is -0.178. The highest BCUT2D eigenvalue weighted by atomic mass is 16.3. The molecule has 0 fully saturated rings. The second-order valence-corrected chi connectivity index (χ2v) is 3.59. The third-order valence-corrected chi connectivity index (χ3v) is 2.59. The lowest BCUT2D eigenvalue weighted by Crippen LogP contribution is -2.17. The average molecular weight is 203 g/mol. The van der Waals surface area contributed by atoms with E-state index in [0.29, 0.717) is 5.76 Å². The van der Waals surface area contributed by atoms with Gasteiger partial charge < -0.3 is 9.73 Å². The van der Waals surface area contributed by atoms with Crippen LogP contribution in [0.5, 0.6) is 0 Å². The third-order valence-electron chi connectivity index (χ3n) is 2.59. The van der Waals surface area contributed by atoms with Crippen LogP contribution in [0.1, 0.15) is 21.7 Å². The molecule has 0 spiro atoms. The Morgan fingerprint density at radius 2 is 2.07 bits per heavy atom. The lowest BCUT2D eigenvalue weighted by molar-refractivity contribution is 0.0937. The van der Waals surface area contributed by atoms with Crippen molar-refractivity contribution in [3.8, 4) is 0 Å². The number of rotatable bonds is 1. The Hall–Kier alpha value is -1.77. The fourth-order valence-electron chi connectivity index (χ4n) is 1.71. The van der Waals surface area contributed by atoms with Gasteiger partial charge in [0.2, 0.25) is 0 Å². The first-order valence-corrected chi connectivity index (χ1v) is 4.86. The minimum absolute atomic E-state index is 0.178. The van der Waals surface area contributed by atoms with E-state index in [1.54, 1.807) is 7.05 Å². The molecule has 1 heterocycles. The number of hydrogen-bond acceptors (Lipinski definition) is 2. The molecular weight excluding hydrogens is 190 g/mol. The fourth-order valence-corrected chi connectivity index (χ4v) is 1.71. The van der Waals surface area contributed by atoms with Crippen molar-refractivity contribution in [3.63, 3.8) is 0 Å². The van der Waals surface area contributed by atoms with E-state index in [0.717, 1.165) is 22.1 Å². The summed E-state index contributed by atoms with van der Waals surface area (Å²) in [6.07, 6.45) is 0. The van der Waals surface area contributed by atoms with Crippen LogP contribution in [0.25, 0.3) is 11.0 Å². The molecule has 0 aliphatic heterocycles. The molecule has 1 N–H and O–H groups in total. The van der Waals surface area contributed by atoms with Gasteiger partial charge in [0.05, 0.1) is 0 Å². The largest absolute Gasteiger partial charge is 0.450 e. The highest BCUT2D eigenvalue weighted by Crippen LogP contribution is 2.27. The Kier molecular flexibility index (Phi) is 2.23. The average Bonchev–Trinajstić information content (AvgIpc) is 2.57. The molecule has 0 saturated heterocycles. The van der Waals surface area contributed by atoms with Gasteiger partial charge in [0.1, 0.15) is 5.58 Å². The van der Waals surface area contributed by atoms with Crippen LogP contribution in [0.15, 0.2) is 22.6 Å². The Morgan fingerprint density at radius 1 is 1.33 bits per heavy atom. The maximum Gasteiger partial charge on any atom is 0.287 e. The maximum absolute atomic E-state index is 11.5. The molecule has 0 radical (unpaired) electrons. The van der Waals surface area contributed by atoms with Crippen LogP contribution >= 0.6 is 0 Å². The zero-order valence-electron chi connectivity index (χ0n) is 9.05. The van der Waals surface area contributed by atoms with Gasteiger partial charge in [0.15, 0.2) is 5.76 Å². The molecule has 0 saturated carbocycles. The van der Waals surface area contributed by atoms with Crippen LogP contribution in [0.2, 0.25) is 0 Å². The molecule has 0 unspecified atom stereocenters. The summed E-state index contributed by atoms with van der Waals surface area (Å²) in [5.41, 5.74) is 2.74. The summed E-state index contributed by atoms with van der Waals surface area (Å²) in [6, 6.07) is 5.90. The second-order valence-electron chi connectivity index (χ2n) is 3.59. The van der Waals surface area contributed by atoms with Gasteiger partial charge in [-0.2, -0.15) is 0 Å². The molecule has 78 valence electrons. The number of para-hydroxylation sites is 1. The fraction of sp³-hybridized carbons (Fsp3) is 0.250. The standard InChI is InChI=1S/C12H13NO2/c1-7-5-4-6-9-8(2)11(12(14)13-3)15-10(7)9/h4-6H,1-3H3,(H,13,14). The molecule has 1 aromatic heterocycles. The van der Waals surface area contributed by atoms with Crippen molar-refractivity contribution in [2.45, 2.75) is 13.8 Å². The number of benzene rings is 1.